The molecular formula is C21H31N5O8. The SMILES string of the molecule is Cc1cc2nc3c(=O)[nH]c(=O)nc-3n(C[C@H](O)[C@H](O)[C@H](O)CO)c2cc1C.OCCNCCO. The van der Waals surface area contributed by atoms with Crippen LogP contribution in [0.25, 0.3) is 22.6 Å². The van der Waals surface area contributed by atoms with Crippen LogP contribution >= 0.6 is 0 Å². The Bertz CT molecular complexity index is 1160. The first kappa shape index (κ1) is 27.5. The molecule has 0 saturated heterocycles. The van der Waals surface area contributed by atoms with Gasteiger partial charge in [0.15, 0.2) is 11.5 Å². The lowest BCUT2D eigenvalue weighted by Gasteiger charge is -2.25. The molecule has 188 valence electrons. The van der Waals surface area contributed by atoms with Gasteiger partial charge < -0.3 is 40.5 Å². The van der Waals surface area contributed by atoms with Crippen molar-refractivity contribution in [1.82, 2.24) is 24.8 Å². The van der Waals surface area contributed by atoms with Gasteiger partial charge in [0.05, 0.1) is 37.4 Å². The summed E-state index contributed by atoms with van der Waals surface area (Å²) in [4.78, 5) is 34.0. The molecule has 0 radical (unpaired) electrons. The molecule has 8 N–H and O–H groups in total. The lowest BCUT2D eigenvalue weighted by Crippen LogP contribution is -2.42. The number of aliphatic hydroxyl groups is 6. The van der Waals surface area contributed by atoms with Crippen molar-refractivity contribution < 1.29 is 30.6 Å². The lowest BCUT2D eigenvalue weighted by atomic mass is 10.1. The zero-order valence-corrected chi connectivity index (χ0v) is 19.0. The van der Waals surface area contributed by atoms with Crippen molar-refractivity contribution in [3.8, 4) is 11.5 Å². The standard InChI is InChI=1S/C17H20N4O6.C4H11NO2/c1-7-3-9-10(4-8(7)2)21(5-11(23)14(25)12(24)6-22)15-13(18-9)16(26)20-17(27)19-15;6-3-1-5-2-4-7/h3-4,11-12,14,22-25H,5-6H2,1-2H3,(H,20,26,27);5-7H,1-4H2/t11-,12+,14-;/m0./s1. The van der Waals surface area contributed by atoms with E-state index >= 15 is 0 Å². The van der Waals surface area contributed by atoms with Crippen LogP contribution in [0.3, 0.4) is 0 Å². The van der Waals surface area contributed by atoms with E-state index in [1.807, 2.05) is 13.8 Å². The quantitative estimate of drug-likeness (QED) is 0.113. The molecule has 0 fully saturated rings. The zero-order chi connectivity index (χ0) is 25.4. The monoisotopic (exact) mass is 481 g/mol. The summed E-state index contributed by atoms with van der Waals surface area (Å²) in [5.41, 5.74) is 1.11. The molecule has 1 aromatic carbocycles. The van der Waals surface area contributed by atoms with E-state index < -0.39 is 36.2 Å². The first-order chi connectivity index (χ1) is 16.1. The Labute approximate surface area is 194 Å². The molecule has 0 bridgehead atoms. The van der Waals surface area contributed by atoms with E-state index in [0.717, 1.165) is 11.1 Å². The Morgan fingerprint density at radius 2 is 1.59 bits per heavy atom. The minimum Gasteiger partial charge on any atom is -0.395 e. The smallest absolute Gasteiger partial charge is 0.349 e. The fourth-order valence-corrected chi connectivity index (χ4v) is 3.18. The molecule has 3 rings (SSSR count). The van der Waals surface area contributed by atoms with Crippen molar-refractivity contribution >= 4 is 11.0 Å². The number of fused-ring (bicyclic) bond motifs is 2. The zero-order valence-electron chi connectivity index (χ0n) is 19.0. The normalized spacial score (nSPS) is 14.0. The number of aryl methyl sites for hydroxylation is 2. The van der Waals surface area contributed by atoms with Crippen LogP contribution in [0.1, 0.15) is 11.1 Å². The molecule has 0 aromatic heterocycles. The highest BCUT2D eigenvalue weighted by atomic mass is 16.4. The maximum absolute atomic E-state index is 12.2. The molecule has 2 aliphatic heterocycles. The van der Waals surface area contributed by atoms with Gasteiger partial charge in [0.1, 0.15) is 18.3 Å². The maximum Gasteiger partial charge on any atom is 0.349 e. The number of hydrogen-bond acceptors (Lipinski definition) is 11. The molecule has 2 aliphatic rings. The Kier molecular flexibility index (Phi) is 10.2. The van der Waals surface area contributed by atoms with Gasteiger partial charge in [0, 0.05) is 13.1 Å². The third kappa shape index (κ3) is 6.64. The van der Waals surface area contributed by atoms with E-state index in [1.165, 1.54) is 4.57 Å². The summed E-state index contributed by atoms with van der Waals surface area (Å²) in [6.45, 7) is 4.15. The van der Waals surface area contributed by atoms with E-state index in [4.69, 9.17) is 15.3 Å². The number of hydrogen-bond donors (Lipinski definition) is 8. The van der Waals surface area contributed by atoms with Crippen molar-refractivity contribution in [2.24, 2.45) is 0 Å². The van der Waals surface area contributed by atoms with Crippen LogP contribution in [0.2, 0.25) is 0 Å². The van der Waals surface area contributed by atoms with Crippen molar-refractivity contribution in [3.63, 3.8) is 0 Å². The predicted octanol–water partition coefficient (Wildman–Crippen LogP) is -3.16. The van der Waals surface area contributed by atoms with Gasteiger partial charge in [-0.15, -0.1) is 0 Å². The number of H-pyrrole nitrogens is 1. The molecular weight excluding hydrogens is 450 g/mol. The van der Waals surface area contributed by atoms with Crippen LogP contribution < -0.4 is 16.6 Å². The van der Waals surface area contributed by atoms with E-state index in [1.54, 1.807) is 12.1 Å². The molecule has 0 aliphatic carbocycles. The van der Waals surface area contributed by atoms with Gasteiger partial charge in [-0.1, -0.05) is 0 Å². The molecule has 3 atom stereocenters. The highest BCUT2D eigenvalue weighted by Crippen LogP contribution is 2.24. The second kappa shape index (κ2) is 12.6. The predicted molar refractivity (Wildman–Crippen MR) is 123 cm³/mol. The Morgan fingerprint density at radius 3 is 2.18 bits per heavy atom. The van der Waals surface area contributed by atoms with Crippen LogP contribution in [0, 0.1) is 13.8 Å². The van der Waals surface area contributed by atoms with Crippen LogP contribution in [-0.2, 0) is 6.54 Å². The number of aromatic nitrogens is 4. The lowest BCUT2D eigenvalue weighted by molar-refractivity contribution is -0.0802. The largest absolute Gasteiger partial charge is 0.395 e. The number of aromatic amines is 1. The van der Waals surface area contributed by atoms with Crippen LogP contribution in [0.15, 0.2) is 21.7 Å². The summed E-state index contributed by atoms with van der Waals surface area (Å²) in [6.07, 6.45) is -4.68. The van der Waals surface area contributed by atoms with Gasteiger partial charge in [0.25, 0.3) is 5.56 Å². The number of rotatable bonds is 9. The van der Waals surface area contributed by atoms with Crippen molar-refractivity contribution in [2.75, 3.05) is 32.9 Å². The van der Waals surface area contributed by atoms with Gasteiger partial charge in [-0.25, -0.2) is 9.78 Å². The highest BCUT2D eigenvalue weighted by Gasteiger charge is 2.27. The molecule has 34 heavy (non-hydrogen) atoms. The summed E-state index contributed by atoms with van der Waals surface area (Å²) in [7, 11) is 0. The van der Waals surface area contributed by atoms with Gasteiger partial charge in [-0.3, -0.25) is 9.78 Å². The minimum atomic E-state index is -1.64. The summed E-state index contributed by atoms with van der Waals surface area (Å²) < 4.78 is 1.40. The van der Waals surface area contributed by atoms with Gasteiger partial charge in [-0.05, 0) is 37.1 Å². The van der Waals surface area contributed by atoms with E-state index in [-0.39, 0.29) is 31.3 Å². The van der Waals surface area contributed by atoms with Gasteiger partial charge in [-0.2, -0.15) is 4.98 Å². The van der Waals surface area contributed by atoms with Crippen molar-refractivity contribution in [2.45, 2.75) is 38.7 Å². The fraction of sp³-hybridized carbons (Fsp3) is 0.524. The summed E-state index contributed by atoms with van der Waals surface area (Å²) in [5, 5.41) is 57.9. The Hall–Kier alpha value is -2.78. The average Bonchev–Trinajstić information content (AvgIpc) is 2.80. The maximum atomic E-state index is 12.2. The van der Waals surface area contributed by atoms with E-state index in [9.17, 15) is 24.9 Å². The molecule has 13 heteroatoms. The molecule has 1 aromatic rings. The Balaban J connectivity index is 0.000000509. The van der Waals surface area contributed by atoms with E-state index in [0.29, 0.717) is 24.1 Å². The summed E-state index contributed by atoms with van der Waals surface area (Å²) in [6, 6.07) is 3.53. The third-order valence-corrected chi connectivity index (χ3v) is 5.15. The highest BCUT2D eigenvalue weighted by molar-refractivity contribution is 5.81. The fourth-order valence-electron chi connectivity index (χ4n) is 3.18. The third-order valence-electron chi connectivity index (χ3n) is 5.15. The summed E-state index contributed by atoms with van der Waals surface area (Å²) >= 11 is 0. The molecule has 0 saturated carbocycles. The number of aliphatic hydroxyl groups excluding tert-OH is 6. The molecule has 0 amide bonds. The second-order valence-electron chi connectivity index (χ2n) is 7.70. The van der Waals surface area contributed by atoms with Crippen molar-refractivity contribution in [1.29, 1.82) is 0 Å². The first-order valence-corrected chi connectivity index (χ1v) is 10.6. The number of nitrogens with zero attached hydrogens (tertiary/aromatic N) is 3. The van der Waals surface area contributed by atoms with Crippen LogP contribution in [0.4, 0.5) is 0 Å². The van der Waals surface area contributed by atoms with Gasteiger partial charge >= 0.3 is 5.69 Å². The first-order valence-electron chi connectivity index (χ1n) is 10.6. The second-order valence-corrected chi connectivity index (χ2v) is 7.70. The number of benzene rings is 1. The number of nitrogens with one attached hydrogen (secondary N) is 2. The topological polar surface area (TPSA) is 214 Å². The van der Waals surface area contributed by atoms with Crippen LogP contribution in [-0.4, -0.2) is 101 Å². The molecule has 2 heterocycles. The average molecular weight is 482 g/mol. The van der Waals surface area contributed by atoms with Gasteiger partial charge in [0.2, 0.25) is 0 Å². The van der Waals surface area contributed by atoms with Crippen LogP contribution in [0.5, 0.6) is 0 Å². The summed E-state index contributed by atoms with van der Waals surface area (Å²) in [5.74, 6) is -0.0516. The van der Waals surface area contributed by atoms with Crippen molar-refractivity contribution in [3.05, 3.63) is 44.1 Å². The Morgan fingerprint density at radius 1 is 0.971 bits per heavy atom. The molecule has 0 spiro atoms. The van der Waals surface area contributed by atoms with E-state index in [2.05, 4.69) is 20.3 Å². The molecule has 0 unspecified atom stereocenters. The molecule has 13 nitrogen and oxygen atoms in total. The minimum absolute atomic E-state index is 0.0516.